The first-order valence-electron chi connectivity index (χ1n) is 5.82. The van der Waals surface area contributed by atoms with Gasteiger partial charge < -0.3 is 9.84 Å². The summed E-state index contributed by atoms with van der Waals surface area (Å²) in [6.07, 6.45) is 1.35. The minimum Gasteiger partial charge on any atom is -0.477 e. The Morgan fingerprint density at radius 3 is 2.79 bits per heavy atom. The first-order chi connectivity index (χ1) is 9.22. The van der Waals surface area contributed by atoms with E-state index in [1.54, 1.807) is 4.57 Å². The van der Waals surface area contributed by atoms with Crippen molar-refractivity contribution in [1.29, 1.82) is 0 Å². The zero-order chi connectivity index (χ0) is 13.7. The molecule has 0 radical (unpaired) electrons. The fourth-order valence-electron chi connectivity index (χ4n) is 1.51. The van der Waals surface area contributed by atoms with Gasteiger partial charge in [-0.3, -0.25) is 4.57 Å². The third kappa shape index (κ3) is 3.36. The molecule has 0 aliphatic heterocycles. The Hall–Kier alpha value is -1.79. The van der Waals surface area contributed by atoms with Crippen molar-refractivity contribution in [3.63, 3.8) is 0 Å². The van der Waals surface area contributed by atoms with Gasteiger partial charge in [0.15, 0.2) is 5.16 Å². The van der Waals surface area contributed by atoms with Gasteiger partial charge in [0.05, 0.1) is 6.20 Å². The van der Waals surface area contributed by atoms with Crippen molar-refractivity contribution >= 4 is 17.7 Å². The Labute approximate surface area is 115 Å². The van der Waals surface area contributed by atoms with E-state index in [4.69, 9.17) is 9.84 Å². The second kappa shape index (κ2) is 6.40. The minimum absolute atomic E-state index is 0.131. The summed E-state index contributed by atoms with van der Waals surface area (Å²) in [5.74, 6) is -1.01. The summed E-state index contributed by atoms with van der Waals surface area (Å²) in [6.45, 7) is 2.57. The number of carbonyl (C=O) groups is 1. The van der Waals surface area contributed by atoms with Crippen LogP contribution in [-0.4, -0.2) is 27.2 Å². The van der Waals surface area contributed by atoms with E-state index in [2.05, 4.69) is 4.98 Å². The highest BCUT2D eigenvalue weighted by molar-refractivity contribution is 7.99. The number of nitrogens with zero attached hydrogens (tertiary/aromatic N) is 2. The number of imidazole rings is 1. The number of hydrogen-bond donors (Lipinski definition) is 1. The average molecular weight is 278 g/mol. The molecular weight excluding hydrogens is 264 g/mol. The fourth-order valence-corrected chi connectivity index (χ4v) is 2.38. The van der Waals surface area contributed by atoms with Gasteiger partial charge in [0, 0.05) is 11.5 Å². The zero-order valence-electron chi connectivity index (χ0n) is 10.4. The summed E-state index contributed by atoms with van der Waals surface area (Å²) in [7, 11) is 0. The largest absolute Gasteiger partial charge is 0.477 e. The van der Waals surface area contributed by atoms with Crippen LogP contribution in [0.2, 0.25) is 0 Å². The normalized spacial score (nSPS) is 10.6. The smallest absolute Gasteiger partial charge is 0.354 e. The Kier molecular flexibility index (Phi) is 4.59. The van der Waals surface area contributed by atoms with Crippen LogP contribution in [0, 0.1) is 0 Å². The molecular formula is C13H14N2O3S. The quantitative estimate of drug-likeness (QED) is 0.880. The maximum Gasteiger partial charge on any atom is 0.354 e. The molecule has 0 aliphatic carbocycles. The molecule has 2 rings (SSSR count). The van der Waals surface area contributed by atoms with E-state index in [-0.39, 0.29) is 12.4 Å². The summed E-state index contributed by atoms with van der Waals surface area (Å²) in [4.78, 5) is 16.3. The monoisotopic (exact) mass is 278 g/mol. The van der Waals surface area contributed by atoms with Crippen LogP contribution >= 0.6 is 11.8 Å². The lowest BCUT2D eigenvalue weighted by atomic mass is 10.4. The SMILES string of the molecule is CCOCn1c(C(=O)O)cnc1Sc1ccccc1. The van der Waals surface area contributed by atoms with Crippen LogP contribution in [0.1, 0.15) is 17.4 Å². The van der Waals surface area contributed by atoms with Gasteiger partial charge in [-0.15, -0.1) is 0 Å². The first kappa shape index (κ1) is 13.6. The maximum absolute atomic E-state index is 11.1. The van der Waals surface area contributed by atoms with Crippen LogP contribution in [-0.2, 0) is 11.5 Å². The molecule has 0 aliphatic rings. The van der Waals surface area contributed by atoms with Crippen molar-refractivity contribution in [3.05, 3.63) is 42.2 Å². The third-order valence-electron chi connectivity index (χ3n) is 2.41. The molecule has 1 aromatic heterocycles. The standard InChI is InChI=1S/C13H14N2O3S/c1-2-18-9-15-11(12(16)17)8-14-13(15)19-10-6-4-3-5-7-10/h3-8H,2,9H2,1H3,(H,16,17). The second-order valence-corrected chi connectivity index (χ2v) is 4.74. The van der Waals surface area contributed by atoms with Crippen LogP contribution in [0.25, 0.3) is 0 Å². The maximum atomic E-state index is 11.1. The molecule has 1 N–H and O–H groups in total. The van der Waals surface area contributed by atoms with E-state index in [1.165, 1.54) is 18.0 Å². The van der Waals surface area contributed by atoms with Crippen molar-refractivity contribution in [1.82, 2.24) is 9.55 Å². The number of carboxylic acid groups (broad SMARTS) is 1. The lowest BCUT2D eigenvalue weighted by molar-refractivity contribution is 0.0605. The zero-order valence-corrected chi connectivity index (χ0v) is 11.3. The highest BCUT2D eigenvalue weighted by Crippen LogP contribution is 2.27. The molecule has 100 valence electrons. The van der Waals surface area contributed by atoms with Gasteiger partial charge in [0.1, 0.15) is 12.4 Å². The van der Waals surface area contributed by atoms with Gasteiger partial charge in [-0.1, -0.05) is 30.0 Å². The topological polar surface area (TPSA) is 64.3 Å². The van der Waals surface area contributed by atoms with Crippen molar-refractivity contribution < 1.29 is 14.6 Å². The van der Waals surface area contributed by atoms with E-state index >= 15 is 0 Å². The minimum atomic E-state index is -1.01. The number of rotatable bonds is 6. The second-order valence-electron chi connectivity index (χ2n) is 3.70. The van der Waals surface area contributed by atoms with Crippen molar-refractivity contribution in [2.75, 3.05) is 6.61 Å². The van der Waals surface area contributed by atoms with Gasteiger partial charge >= 0.3 is 5.97 Å². The number of aromatic carboxylic acids is 1. The molecule has 0 amide bonds. The number of carboxylic acids is 1. The van der Waals surface area contributed by atoms with Crippen LogP contribution < -0.4 is 0 Å². The molecule has 6 heteroatoms. The van der Waals surface area contributed by atoms with Crippen LogP contribution in [0.15, 0.2) is 46.6 Å². The molecule has 5 nitrogen and oxygen atoms in total. The number of ether oxygens (including phenoxy) is 1. The van der Waals surface area contributed by atoms with E-state index in [0.717, 1.165) is 4.90 Å². The van der Waals surface area contributed by atoms with Gasteiger partial charge in [-0.25, -0.2) is 9.78 Å². The third-order valence-corrected chi connectivity index (χ3v) is 3.43. The van der Waals surface area contributed by atoms with E-state index in [9.17, 15) is 4.79 Å². The van der Waals surface area contributed by atoms with E-state index in [0.29, 0.717) is 11.8 Å². The molecule has 0 saturated carbocycles. The van der Waals surface area contributed by atoms with Gasteiger partial charge in [-0.05, 0) is 19.1 Å². The van der Waals surface area contributed by atoms with Crippen molar-refractivity contribution in [2.24, 2.45) is 0 Å². The lowest BCUT2D eigenvalue weighted by Gasteiger charge is -2.09. The Morgan fingerprint density at radius 1 is 1.42 bits per heavy atom. The summed E-state index contributed by atoms with van der Waals surface area (Å²) in [6, 6.07) is 9.68. The summed E-state index contributed by atoms with van der Waals surface area (Å²) in [5.41, 5.74) is 0.131. The predicted octanol–water partition coefficient (Wildman–Crippen LogP) is 2.73. The van der Waals surface area contributed by atoms with Crippen LogP contribution in [0.3, 0.4) is 0 Å². The van der Waals surface area contributed by atoms with Gasteiger partial charge in [0.25, 0.3) is 0 Å². The summed E-state index contributed by atoms with van der Waals surface area (Å²) < 4.78 is 6.85. The molecule has 19 heavy (non-hydrogen) atoms. The lowest BCUT2D eigenvalue weighted by Crippen LogP contribution is -2.11. The van der Waals surface area contributed by atoms with Gasteiger partial charge in [0.2, 0.25) is 0 Å². The number of benzene rings is 1. The molecule has 2 aromatic rings. The molecule has 0 fully saturated rings. The Bertz CT molecular complexity index is 554. The highest BCUT2D eigenvalue weighted by Gasteiger charge is 2.16. The average Bonchev–Trinajstić information content (AvgIpc) is 2.80. The number of aromatic nitrogens is 2. The van der Waals surface area contributed by atoms with Gasteiger partial charge in [-0.2, -0.15) is 0 Å². The Balaban J connectivity index is 2.26. The molecule has 1 heterocycles. The number of hydrogen-bond acceptors (Lipinski definition) is 4. The molecule has 0 bridgehead atoms. The van der Waals surface area contributed by atoms with E-state index < -0.39 is 5.97 Å². The molecule has 0 atom stereocenters. The van der Waals surface area contributed by atoms with Crippen molar-refractivity contribution in [2.45, 2.75) is 23.7 Å². The molecule has 0 unspecified atom stereocenters. The molecule has 0 saturated heterocycles. The van der Waals surface area contributed by atoms with Crippen LogP contribution in [0.4, 0.5) is 0 Å². The summed E-state index contributed by atoms with van der Waals surface area (Å²) in [5, 5.41) is 9.73. The van der Waals surface area contributed by atoms with Crippen LogP contribution in [0.5, 0.6) is 0 Å². The summed E-state index contributed by atoms with van der Waals surface area (Å²) >= 11 is 1.41. The Morgan fingerprint density at radius 2 is 2.16 bits per heavy atom. The molecule has 1 aromatic carbocycles. The van der Waals surface area contributed by atoms with E-state index in [1.807, 2.05) is 37.3 Å². The molecule has 0 spiro atoms. The predicted molar refractivity (Wildman–Crippen MR) is 71.4 cm³/mol. The van der Waals surface area contributed by atoms with Crippen molar-refractivity contribution in [3.8, 4) is 0 Å². The fraction of sp³-hybridized carbons (Fsp3) is 0.231. The first-order valence-corrected chi connectivity index (χ1v) is 6.63. The highest BCUT2D eigenvalue weighted by atomic mass is 32.2.